The van der Waals surface area contributed by atoms with E-state index in [1.165, 1.54) is 6.92 Å². The molecular weight excluding hydrogens is 212 g/mol. The van der Waals surface area contributed by atoms with E-state index in [-0.39, 0.29) is 24.5 Å². The molecule has 0 spiro atoms. The normalized spacial score (nSPS) is 21.5. The van der Waals surface area contributed by atoms with Crippen LogP contribution in [0.5, 0.6) is 0 Å². The maximum absolute atomic E-state index is 11.7. The van der Waals surface area contributed by atoms with Crippen LogP contribution in [-0.2, 0) is 19.1 Å². The molecule has 1 N–H and O–H groups in total. The highest BCUT2D eigenvalue weighted by Gasteiger charge is 2.26. The topological polar surface area (TPSA) is 67.9 Å². The van der Waals surface area contributed by atoms with Crippen LogP contribution in [-0.4, -0.2) is 62.8 Å². The molecule has 0 saturated carbocycles. The number of nitrogens with zero attached hydrogens (tertiary/aromatic N) is 1. The first kappa shape index (κ1) is 12.9. The number of morpholine rings is 1. The maximum Gasteiger partial charge on any atom is 0.302 e. The molecule has 1 heterocycles. The molecule has 0 aromatic carbocycles. The Morgan fingerprint density at radius 1 is 1.56 bits per heavy atom. The Morgan fingerprint density at radius 2 is 2.31 bits per heavy atom. The van der Waals surface area contributed by atoms with E-state index in [1.54, 1.807) is 0 Å². The molecule has 0 radical (unpaired) electrons. The standard InChI is InChI=1S/C10H18N2O4/c1-8(13)16-5-3-11-10(14)9-7-15-6-4-12(9)2/h9H,3-7H2,1-2H3,(H,11,14)/t9-/m0/s1. The third-order valence-electron chi connectivity index (χ3n) is 2.41. The lowest BCUT2D eigenvalue weighted by molar-refractivity contribution is -0.141. The first-order valence-electron chi connectivity index (χ1n) is 5.30. The molecule has 92 valence electrons. The van der Waals surface area contributed by atoms with Crippen molar-refractivity contribution in [3.63, 3.8) is 0 Å². The Hall–Kier alpha value is -1.14. The summed E-state index contributed by atoms with van der Waals surface area (Å²) in [7, 11) is 1.89. The third-order valence-corrected chi connectivity index (χ3v) is 2.41. The zero-order chi connectivity index (χ0) is 12.0. The van der Waals surface area contributed by atoms with Crippen LogP contribution in [0.25, 0.3) is 0 Å². The highest BCUT2D eigenvalue weighted by atomic mass is 16.5. The fourth-order valence-electron chi connectivity index (χ4n) is 1.45. The van der Waals surface area contributed by atoms with Gasteiger partial charge in [-0.05, 0) is 7.05 Å². The van der Waals surface area contributed by atoms with Gasteiger partial charge < -0.3 is 14.8 Å². The molecule has 0 aromatic rings. The van der Waals surface area contributed by atoms with Gasteiger partial charge >= 0.3 is 5.97 Å². The average molecular weight is 230 g/mol. The molecule has 1 fully saturated rings. The summed E-state index contributed by atoms with van der Waals surface area (Å²) in [4.78, 5) is 24.1. The summed E-state index contributed by atoms with van der Waals surface area (Å²) in [6, 6.07) is -0.244. The summed E-state index contributed by atoms with van der Waals surface area (Å²) in [6.07, 6.45) is 0. The van der Waals surface area contributed by atoms with Crippen molar-refractivity contribution in [1.29, 1.82) is 0 Å². The van der Waals surface area contributed by atoms with Crippen LogP contribution >= 0.6 is 0 Å². The molecule has 1 rings (SSSR count). The fourth-order valence-corrected chi connectivity index (χ4v) is 1.45. The number of amides is 1. The van der Waals surface area contributed by atoms with Gasteiger partial charge in [-0.25, -0.2) is 0 Å². The molecule has 0 unspecified atom stereocenters. The number of ether oxygens (including phenoxy) is 2. The minimum Gasteiger partial charge on any atom is -0.464 e. The highest BCUT2D eigenvalue weighted by molar-refractivity contribution is 5.82. The van der Waals surface area contributed by atoms with E-state index in [0.29, 0.717) is 19.8 Å². The van der Waals surface area contributed by atoms with Crippen molar-refractivity contribution >= 4 is 11.9 Å². The number of likely N-dealkylation sites (N-methyl/N-ethyl adjacent to an activating group) is 1. The summed E-state index contributed by atoms with van der Waals surface area (Å²) in [5, 5.41) is 2.70. The molecular formula is C10H18N2O4. The molecule has 0 bridgehead atoms. The molecule has 1 amide bonds. The molecule has 1 atom stereocenters. The molecule has 0 aromatic heterocycles. The van der Waals surface area contributed by atoms with Gasteiger partial charge in [0.2, 0.25) is 5.91 Å². The Morgan fingerprint density at radius 3 is 2.94 bits per heavy atom. The van der Waals surface area contributed by atoms with Gasteiger partial charge in [-0.2, -0.15) is 0 Å². The number of esters is 1. The molecule has 6 heteroatoms. The van der Waals surface area contributed by atoms with E-state index in [4.69, 9.17) is 9.47 Å². The van der Waals surface area contributed by atoms with Gasteiger partial charge in [0.1, 0.15) is 12.6 Å². The predicted molar refractivity (Wildman–Crippen MR) is 56.9 cm³/mol. The zero-order valence-corrected chi connectivity index (χ0v) is 9.69. The number of carbonyl (C=O) groups excluding carboxylic acids is 2. The Kier molecular flexibility index (Phi) is 5.21. The van der Waals surface area contributed by atoms with Gasteiger partial charge in [-0.1, -0.05) is 0 Å². The van der Waals surface area contributed by atoms with Crippen LogP contribution in [0.15, 0.2) is 0 Å². The van der Waals surface area contributed by atoms with Crippen molar-refractivity contribution in [3.05, 3.63) is 0 Å². The lowest BCUT2D eigenvalue weighted by Crippen LogP contribution is -2.52. The minimum atomic E-state index is -0.340. The van der Waals surface area contributed by atoms with Gasteiger partial charge in [-0.3, -0.25) is 14.5 Å². The van der Waals surface area contributed by atoms with Crippen molar-refractivity contribution < 1.29 is 19.1 Å². The first-order valence-corrected chi connectivity index (χ1v) is 5.30. The van der Waals surface area contributed by atoms with Crippen LogP contribution < -0.4 is 5.32 Å². The third kappa shape index (κ3) is 4.16. The number of hydrogen-bond donors (Lipinski definition) is 1. The van der Waals surface area contributed by atoms with Crippen LogP contribution in [0.2, 0.25) is 0 Å². The summed E-state index contributed by atoms with van der Waals surface area (Å²) in [5.74, 6) is -0.429. The molecule has 1 saturated heterocycles. The summed E-state index contributed by atoms with van der Waals surface area (Å²) in [6.45, 7) is 3.71. The second-order valence-electron chi connectivity index (χ2n) is 3.70. The van der Waals surface area contributed by atoms with Gasteiger partial charge in [0.05, 0.1) is 19.8 Å². The van der Waals surface area contributed by atoms with Crippen LogP contribution in [0.3, 0.4) is 0 Å². The highest BCUT2D eigenvalue weighted by Crippen LogP contribution is 2.03. The summed E-state index contributed by atoms with van der Waals surface area (Å²) >= 11 is 0. The van der Waals surface area contributed by atoms with Crippen LogP contribution in [0.4, 0.5) is 0 Å². The molecule has 6 nitrogen and oxygen atoms in total. The van der Waals surface area contributed by atoms with Gasteiger partial charge in [0.15, 0.2) is 0 Å². The summed E-state index contributed by atoms with van der Waals surface area (Å²) < 4.78 is 9.94. The number of carbonyl (C=O) groups is 2. The molecule has 16 heavy (non-hydrogen) atoms. The predicted octanol–water partition coefficient (Wildman–Crippen LogP) is -1.00. The average Bonchev–Trinajstić information content (AvgIpc) is 2.24. The summed E-state index contributed by atoms with van der Waals surface area (Å²) in [5.41, 5.74) is 0. The van der Waals surface area contributed by atoms with Crippen molar-refractivity contribution in [3.8, 4) is 0 Å². The van der Waals surface area contributed by atoms with Crippen molar-refractivity contribution in [2.24, 2.45) is 0 Å². The SMILES string of the molecule is CC(=O)OCCNC(=O)[C@@H]1COCCN1C. The van der Waals surface area contributed by atoms with E-state index < -0.39 is 0 Å². The lowest BCUT2D eigenvalue weighted by atomic mass is 10.2. The smallest absolute Gasteiger partial charge is 0.302 e. The van der Waals surface area contributed by atoms with Crippen molar-refractivity contribution in [2.45, 2.75) is 13.0 Å². The monoisotopic (exact) mass is 230 g/mol. The minimum absolute atomic E-state index is 0.0886. The van der Waals surface area contributed by atoms with Gasteiger partial charge in [0, 0.05) is 13.5 Å². The molecule has 1 aliphatic heterocycles. The largest absolute Gasteiger partial charge is 0.464 e. The quantitative estimate of drug-likeness (QED) is 0.495. The fraction of sp³-hybridized carbons (Fsp3) is 0.800. The molecule has 0 aliphatic carbocycles. The number of nitrogens with one attached hydrogen (secondary N) is 1. The lowest BCUT2D eigenvalue weighted by Gasteiger charge is -2.31. The van der Waals surface area contributed by atoms with E-state index in [1.807, 2.05) is 11.9 Å². The zero-order valence-electron chi connectivity index (χ0n) is 9.69. The van der Waals surface area contributed by atoms with Crippen molar-refractivity contribution in [1.82, 2.24) is 10.2 Å². The van der Waals surface area contributed by atoms with E-state index in [2.05, 4.69) is 5.32 Å². The second kappa shape index (κ2) is 6.44. The van der Waals surface area contributed by atoms with Gasteiger partial charge in [0.25, 0.3) is 0 Å². The van der Waals surface area contributed by atoms with Gasteiger partial charge in [-0.15, -0.1) is 0 Å². The Bertz CT molecular complexity index is 257. The molecule has 1 aliphatic rings. The second-order valence-corrected chi connectivity index (χ2v) is 3.70. The van der Waals surface area contributed by atoms with Crippen LogP contribution in [0, 0.1) is 0 Å². The van der Waals surface area contributed by atoms with E-state index in [0.717, 1.165) is 6.54 Å². The maximum atomic E-state index is 11.7. The number of hydrogen-bond acceptors (Lipinski definition) is 5. The first-order chi connectivity index (χ1) is 7.61. The van der Waals surface area contributed by atoms with Crippen LogP contribution in [0.1, 0.15) is 6.92 Å². The number of rotatable bonds is 4. The van der Waals surface area contributed by atoms with E-state index >= 15 is 0 Å². The Labute approximate surface area is 94.9 Å². The van der Waals surface area contributed by atoms with Crippen molar-refractivity contribution in [2.75, 3.05) is 40.0 Å². The Balaban J connectivity index is 2.20. The van der Waals surface area contributed by atoms with E-state index in [9.17, 15) is 9.59 Å².